The first-order valence-electron chi connectivity index (χ1n) is 5.35. The van der Waals surface area contributed by atoms with Gasteiger partial charge in [-0.1, -0.05) is 27.7 Å². The molecule has 4 heteroatoms. The quantitative estimate of drug-likeness (QED) is 0.757. The molecule has 0 fully saturated rings. The maximum Gasteiger partial charge on any atom is 0.237 e. The third-order valence-electron chi connectivity index (χ3n) is 2.47. The summed E-state index contributed by atoms with van der Waals surface area (Å²) in [4.78, 5) is 11.6. The van der Waals surface area contributed by atoms with Crippen molar-refractivity contribution >= 4 is 17.7 Å². The second-order valence-electron chi connectivity index (χ2n) is 4.97. The summed E-state index contributed by atoms with van der Waals surface area (Å²) in [7, 11) is 0. The van der Waals surface area contributed by atoms with E-state index in [4.69, 9.17) is 5.73 Å². The number of thioether (sulfide) groups is 1. The predicted octanol–water partition coefficient (Wildman–Crippen LogP) is 1.62. The third kappa shape index (κ3) is 6.05. The van der Waals surface area contributed by atoms with Crippen molar-refractivity contribution in [2.75, 3.05) is 12.8 Å². The Morgan fingerprint density at radius 1 is 1.47 bits per heavy atom. The molecule has 0 heterocycles. The molecule has 0 aliphatic carbocycles. The Kier molecular flexibility index (Phi) is 6.29. The van der Waals surface area contributed by atoms with Crippen molar-refractivity contribution in [2.24, 2.45) is 11.1 Å². The van der Waals surface area contributed by atoms with Crippen molar-refractivity contribution in [2.45, 2.75) is 45.4 Å². The number of nitrogens with two attached hydrogens (primary N) is 1. The van der Waals surface area contributed by atoms with Crippen molar-refractivity contribution < 1.29 is 4.79 Å². The molecule has 3 nitrogen and oxygen atoms in total. The minimum atomic E-state index is -0.429. The van der Waals surface area contributed by atoms with Crippen LogP contribution in [-0.4, -0.2) is 30.0 Å². The van der Waals surface area contributed by atoms with Crippen LogP contribution in [0.3, 0.4) is 0 Å². The van der Waals surface area contributed by atoms with Gasteiger partial charge in [-0.2, -0.15) is 11.8 Å². The lowest BCUT2D eigenvalue weighted by atomic mass is 9.87. The molecule has 0 rings (SSSR count). The van der Waals surface area contributed by atoms with E-state index in [1.807, 2.05) is 32.5 Å². The highest BCUT2D eigenvalue weighted by atomic mass is 32.2. The Morgan fingerprint density at radius 2 is 2.00 bits per heavy atom. The smallest absolute Gasteiger partial charge is 0.237 e. The lowest BCUT2D eigenvalue weighted by Gasteiger charge is -2.26. The van der Waals surface area contributed by atoms with E-state index in [2.05, 4.69) is 18.5 Å². The van der Waals surface area contributed by atoms with Crippen LogP contribution in [0.15, 0.2) is 0 Å². The zero-order chi connectivity index (χ0) is 12.1. The van der Waals surface area contributed by atoms with Gasteiger partial charge in [-0.25, -0.2) is 0 Å². The van der Waals surface area contributed by atoms with Crippen LogP contribution in [0, 0.1) is 5.41 Å². The molecule has 2 atom stereocenters. The van der Waals surface area contributed by atoms with Gasteiger partial charge in [0, 0.05) is 11.8 Å². The fourth-order valence-electron chi connectivity index (χ4n) is 1.02. The Balaban J connectivity index is 3.85. The minimum absolute atomic E-state index is 0.0456. The summed E-state index contributed by atoms with van der Waals surface area (Å²) >= 11 is 1.81. The van der Waals surface area contributed by atoms with Crippen LogP contribution in [0.5, 0.6) is 0 Å². The third-order valence-corrected chi connectivity index (χ3v) is 3.51. The molecule has 0 aliphatic rings. The highest BCUT2D eigenvalue weighted by Crippen LogP contribution is 2.17. The van der Waals surface area contributed by atoms with E-state index in [-0.39, 0.29) is 11.3 Å². The Morgan fingerprint density at radius 3 is 2.40 bits per heavy atom. The molecule has 0 aliphatic heterocycles. The standard InChI is InChI=1S/C11H24N2OS/c1-8(15-5)6-7-13-10(14)9(12)11(2,3)4/h8-9H,6-7,12H2,1-5H3,(H,13,14). The zero-order valence-corrected chi connectivity index (χ0v) is 11.3. The van der Waals surface area contributed by atoms with Crippen LogP contribution in [0.4, 0.5) is 0 Å². The maximum absolute atomic E-state index is 11.6. The van der Waals surface area contributed by atoms with Gasteiger partial charge in [0.2, 0.25) is 5.91 Å². The van der Waals surface area contributed by atoms with Crippen molar-refractivity contribution in [3.05, 3.63) is 0 Å². The molecule has 0 aromatic carbocycles. The van der Waals surface area contributed by atoms with Gasteiger partial charge in [-0.15, -0.1) is 0 Å². The van der Waals surface area contributed by atoms with Crippen LogP contribution in [-0.2, 0) is 4.79 Å². The van der Waals surface area contributed by atoms with E-state index >= 15 is 0 Å². The fraction of sp³-hybridized carbons (Fsp3) is 0.909. The summed E-state index contributed by atoms with van der Waals surface area (Å²) in [5, 5.41) is 3.46. The summed E-state index contributed by atoms with van der Waals surface area (Å²) in [6, 6.07) is -0.429. The minimum Gasteiger partial charge on any atom is -0.355 e. The monoisotopic (exact) mass is 232 g/mol. The topological polar surface area (TPSA) is 55.1 Å². The molecule has 0 radical (unpaired) electrons. The van der Waals surface area contributed by atoms with Gasteiger partial charge < -0.3 is 11.1 Å². The van der Waals surface area contributed by atoms with Crippen LogP contribution < -0.4 is 11.1 Å². The zero-order valence-electron chi connectivity index (χ0n) is 10.5. The molecule has 0 spiro atoms. The molecule has 3 N–H and O–H groups in total. The lowest BCUT2D eigenvalue weighted by molar-refractivity contribution is -0.124. The van der Waals surface area contributed by atoms with Crippen molar-refractivity contribution in [1.29, 1.82) is 0 Å². The first kappa shape index (κ1) is 14.8. The fourth-order valence-corrected chi connectivity index (χ4v) is 1.37. The van der Waals surface area contributed by atoms with Gasteiger partial charge in [0.1, 0.15) is 0 Å². The lowest BCUT2D eigenvalue weighted by Crippen LogP contribution is -2.48. The first-order chi connectivity index (χ1) is 6.79. The number of carbonyl (C=O) groups excluding carboxylic acids is 1. The molecular formula is C11H24N2OS. The SMILES string of the molecule is CSC(C)CCNC(=O)C(N)C(C)(C)C. The van der Waals surface area contributed by atoms with Gasteiger partial charge in [-0.3, -0.25) is 4.79 Å². The van der Waals surface area contributed by atoms with E-state index in [0.717, 1.165) is 6.42 Å². The number of hydrogen-bond acceptors (Lipinski definition) is 3. The van der Waals surface area contributed by atoms with Gasteiger partial charge in [0.25, 0.3) is 0 Å². The number of hydrogen-bond donors (Lipinski definition) is 2. The van der Waals surface area contributed by atoms with Crippen molar-refractivity contribution in [1.82, 2.24) is 5.32 Å². The molecule has 0 saturated carbocycles. The average Bonchev–Trinajstić information content (AvgIpc) is 2.14. The Hall–Kier alpha value is -0.220. The highest BCUT2D eigenvalue weighted by molar-refractivity contribution is 7.99. The van der Waals surface area contributed by atoms with E-state index in [1.54, 1.807) is 0 Å². The molecule has 0 aromatic heterocycles. The number of nitrogens with one attached hydrogen (secondary N) is 1. The van der Waals surface area contributed by atoms with Crippen molar-refractivity contribution in [3.63, 3.8) is 0 Å². The number of rotatable bonds is 5. The van der Waals surface area contributed by atoms with Crippen LogP contribution in [0.25, 0.3) is 0 Å². The Labute approximate surface area is 97.6 Å². The summed E-state index contributed by atoms with van der Waals surface area (Å²) in [6.07, 6.45) is 3.07. The predicted molar refractivity (Wildman–Crippen MR) is 68.0 cm³/mol. The molecule has 15 heavy (non-hydrogen) atoms. The van der Waals surface area contributed by atoms with Gasteiger partial charge in [0.05, 0.1) is 6.04 Å². The van der Waals surface area contributed by atoms with Crippen molar-refractivity contribution in [3.8, 4) is 0 Å². The normalized spacial score (nSPS) is 15.9. The van der Waals surface area contributed by atoms with E-state index < -0.39 is 6.04 Å². The summed E-state index contributed by atoms with van der Waals surface area (Å²) in [5.41, 5.74) is 5.65. The van der Waals surface area contributed by atoms with E-state index in [0.29, 0.717) is 11.8 Å². The Bertz CT molecular complexity index is 201. The van der Waals surface area contributed by atoms with E-state index in [9.17, 15) is 4.79 Å². The van der Waals surface area contributed by atoms with E-state index in [1.165, 1.54) is 0 Å². The summed E-state index contributed by atoms with van der Waals surface area (Å²) < 4.78 is 0. The van der Waals surface area contributed by atoms with Crippen LogP contribution in [0.1, 0.15) is 34.1 Å². The summed E-state index contributed by atoms with van der Waals surface area (Å²) in [5.74, 6) is -0.0456. The molecule has 0 bridgehead atoms. The molecule has 90 valence electrons. The average molecular weight is 232 g/mol. The van der Waals surface area contributed by atoms with Gasteiger partial charge in [0.15, 0.2) is 0 Å². The van der Waals surface area contributed by atoms with Crippen LogP contribution in [0.2, 0.25) is 0 Å². The van der Waals surface area contributed by atoms with Crippen LogP contribution >= 0.6 is 11.8 Å². The highest BCUT2D eigenvalue weighted by Gasteiger charge is 2.26. The van der Waals surface area contributed by atoms with Gasteiger partial charge in [-0.05, 0) is 18.1 Å². The molecule has 2 unspecified atom stereocenters. The maximum atomic E-state index is 11.6. The van der Waals surface area contributed by atoms with Gasteiger partial charge >= 0.3 is 0 Å². The molecule has 0 saturated heterocycles. The first-order valence-corrected chi connectivity index (χ1v) is 6.64. The molecule has 1 amide bonds. The molecular weight excluding hydrogens is 208 g/mol. The number of carbonyl (C=O) groups is 1. The summed E-state index contributed by atoms with van der Waals surface area (Å²) in [6.45, 7) is 8.79. The largest absolute Gasteiger partial charge is 0.355 e. The number of amides is 1. The molecule has 0 aromatic rings. The second-order valence-corrected chi connectivity index (χ2v) is 6.25. The second kappa shape index (κ2) is 6.38.